The van der Waals surface area contributed by atoms with E-state index in [0.29, 0.717) is 12.8 Å². The molecule has 2 unspecified atom stereocenters. The molecule has 0 aromatic rings. The van der Waals surface area contributed by atoms with Gasteiger partial charge in [0.05, 0.1) is 13.2 Å². The number of carboxylic acid groups (broad SMARTS) is 1. The molecule has 0 aliphatic heterocycles. The molecule has 0 aromatic carbocycles. The van der Waals surface area contributed by atoms with Gasteiger partial charge in [0.25, 0.3) is 0 Å². The fourth-order valence-electron chi connectivity index (χ4n) is 5.33. The lowest BCUT2D eigenvalue weighted by molar-refractivity contribution is -0.147. The number of ether oxygens (including phenoxy) is 1. The predicted molar refractivity (Wildman–Crippen MR) is 185 cm³/mol. The van der Waals surface area contributed by atoms with E-state index in [4.69, 9.17) is 14.9 Å². The molecule has 4 N–H and O–H groups in total. The molecule has 0 aliphatic rings. The van der Waals surface area contributed by atoms with Gasteiger partial charge in [-0.05, 0) is 44.6 Å². The molecule has 9 nitrogen and oxygen atoms in total. The molecule has 9 heteroatoms. The zero-order valence-corrected chi connectivity index (χ0v) is 29.3. The highest BCUT2D eigenvalue weighted by Crippen LogP contribution is 2.15. The second kappa shape index (κ2) is 32.5. The lowest BCUT2D eigenvalue weighted by Crippen LogP contribution is -2.47. The number of carbonyl (C=O) groups is 4. The third-order valence-corrected chi connectivity index (χ3v) is 8.25. The summed E-state index contributed by atoms with van der Waals surface area (Å²) in [6, 6.07) is -1.39. The average Bonchev–Trinajstić information content (AvgIpc) is 3.03. The second-order valence-electron chi connectivity index (χ2n) is 12.7. The van der Waals surface area contributed by atoms with E-state index in [1.54, 1.807) is 0 Å². The standard InChI is InChI=1S/C37H68N2O7/c1-3-5-7-9-11-13-14-15-17-19-25-29-36(43)46-32(26-22-18-16-12-10-8-6-4-2)27-23-20-21-24-28-34(41)38-30-35(42)39-33(31-40)37(44)45/h22,26,32-33,40H,3-21,23-25,27-31H2,1-2H3,(H,38,41)(H,39,42)(H,44,45)/b26-22-. The molecule has 268 valence electrons. The van der Waals surface area contributed by atoms with Crippen LogP contribution in [-0.4, -0.2) is 59.3 Å². The Morgan fingerprint density at radius 2 is 1.15 bits per heavy atom. The van der Waals surface area contributed by atoms with Gasteiger partial charge in [-0.3, -0.25) is 14.4 Å². The summed E-state index contributed by atoms with van der Waals surface area (Å²) in [7, 11) is 0. The van der Waals surface area contributed by atoms with Crippen molar-refractivity contribution in [2.75, 3.05) is 13.2 Å². The number of aliphatic carboxylic acids is 1. The van der Waals surface area contributed by atoms with Crippen molar-refractivity contribution >= 4 is 23.8 Å². The third-order valence-electron chi connectivity index (χ3n) is 8.25. The van der Waals surface area contributed by atoms with Crippen molar-refractivity contribution in [3.63, 3.8) is 0 Å². The maximum Gasteiger partial charge on any atom is 0.328 e. The number of rotatable bonds is 33. The number of aliphatic hydroxyl groups excluding tert-OH is 1. The minimum absolute atomic E-state index is 0.112. The molecule has 0 heterocycles. The summed E-state index contributed by atoms with van der Waals surface area (Å²) >= 11 is 0. The maximum atomic E-state index is 12.6. The van der Waals surface area contributed by atoms with Crippen LogP contribution in [0.1, 0.15) is 174 Å². The van der Waals surface area contributed by atoms with Crippen LogP contribution < -0.4 is 10.6 Å². The van der Waals surface area contributed by atoms with Crippen molar-refractivity contribution in [1.29, 1.82) is 0 Å². The number of carboxylic acids is 1. The zero-order valence-electron chi connectivity index (χ0n) is 29.3. The van der Waals surface area contributed by atoms with Gasteiger partial charge in [0.15, 0.2) is 0 Å². The van der Waals surface area contributed by atoms with E-state index in [1.165, 1.54) is 89.9 Å². The number of allylic oxidation sites excluding steroid dienone is 1. The Kier molecular flexibility index (Phi) is 30.8. The van der Waals surface area contributed by atoms with Gasteiger partial charge >= 0.3 is 11.9 Å². The smallest absolute Gasteiger partial charge is 0.328 e. The first-order valence-corrected chi connectivity index (χ1v) is 18.6. The Hall–Kier alpha value is -2.42. The van der Waals surface area contributed by atoms with Crippen molar-refractivity contribution in [2.45, 2.75) is 187 Å². The molecule has 0 radical (unpaired) electrons. The molecule has 0 saturated heterocycles. The van der Waals surface area contributed by atoms with Crippen molar-refractivity contribution in [2.24, 2.45) is 0 Å². The van der Waals surface area contributed by atoms with E-state index in [-0.39, 0.29) is 30.9 Å². The number of esters is 1. The first-order valence-electron chi connectivity index (χ1n) is 18.6. The minimum Gasteiger partial charge on any atom is -0.480 e. The first-order chi connectivity index (χ1) is 22.3. The summed E-state index contributed by atoms with van der Waals surface area (Å²) in [5, 5.41) is 22.5. The fourth-order valence-corrected chi connectivity index (χ4v) is 5.33. The molecule has 46 heavy (non-hydrogen) atoms. The molecule has 0 fully saturated rings. The molecule has 0 rings (SSSR count). The van der Waals surface area contributed by atoms with E-state index < -0.39 is 24.5 Å². The summed E-state index contributed by atoms with van der Waals surface area (Å²) in [6.07, 6.45) is 31.1. The zero-order chi connectivity index (χ0) is 34.1. The number of amides is 2. The van der Waals surface area contributed by atoms with Crippen LogP contribution in [0.15, 0.2) is 12.2 Å². The van der Waals surface area contributed by atoms with Crippen LogP contribution in [0.4, 0.5) is 0 Å². The van der Waals surface area contributed by atoms with Gasteiger partial charge in [-0.15, -0.1) is 0 Å². The summed E-state index contributed by atoms with van der Waals surface area (Å²) in [5.74, 6) is -2.39. The highest BCUT2D eigenvalue weighted by Gasteiger charge is 2.18. The van der Waals surface area contributed by atoms with Crippen molar-refractivity contribution < 1.29 is 34.1 Å². The van der Waals surface area contributed by atoms with E-state index in [0.717, 1.165) is 51.4 Å². The largest absolute Gasteiger partial charge is 0.480 e. The van der Waals surface area contributed by atoms with Gasteiger partial charge in [-0.1, -0.05) is 129 Å². The molecular weight excluding hydrogens is 584 g/mol. The van der Waals surface area contributed by atoms with Crippen LogP contribution in [0.25, 0.3) is 0 Å². The molecule has 2 amide bonds. The van der Waals surface area contributed by atoms with Gasteiger partial charge in [0.1, 0.15) is 12.1 Å². The number of unbranched alkanes of at least 4 members (excludes halogenated alkanes) is 19. The average molecular weight is 653 g/mol. The van der Waals surface area contributed by atoms with Crippen LogP contribution in [-0.2, 0) is 23.9 Å². The van der Waals surface area contributed by atoms with Crippen LogP contribution in [0, 0.1) is 0 Å². The molecule has 0 bridgehead atoms. The second-order valence-corrected chi connectivity index (χ2v) is 12.7. The van der Waals surface area contributed by atoms with Gasteiger partial charge in [-0.2, -0.15) is 0 Å². The lowest BCUT2D eigenvalue weighted by Gasteiger charge is -2.15. The lowest BCUT2D eigenvalue weighted by atomic mass is 10.0. The number of hydrogen-bond donors (Lipinski definition) is 4. The topological polar surface area (TPSA) is 142 Å². The van der Waals surface area contributed by atoms with Gasteiger partial charge in [0, 0.05) is 12.8 Å². The monoisotopic (exact) mass is 653 g/mol. The Labute approximate surface area is 280 Å². The fraction of sp³-hybridized carbons (Fsp3) is 0.838. The van der Waals surface area contributed by atoms with Crippen LogP contribution in [0.5, 0.6) is 0 Å². The van der Waals surface area contributed by atoms with Gasteiger partial charge in [0.2, 0.25) is 11.8 Å². The highest BCUT2D eigenvalue weighted by molar-refractivity contribution is 5.87. The molecule has 0 spiro atoms. The summed E-state index contributed by atoms with van der Waals surface area (Å²) in [6.45, 7) is 3.42. The highest BCUT2D eigenvalue weighted by atomic mass is 16.5. The number of hydrogen-bond acceptors (Lipinski definition) is 6. The third kappa shape index (κ3) is 29.0. The molecular formula is C37H68N2O7. The van der Waals surface area contributed by atoms with Gasteiger partial charge < -0.3 is 25.6 Å². The first kappa shape index (κ1) is 43.6. The Bertz CT molecular complexity index is 803. The van der Waals surface area contributed by atoms with E-state index in [9.17, 15) is 19.2 Å². The van der Waals surface area contributed by atoms with Crippen molar-refractivity contribution in [1.82, 2.24) is 10.6 Å². The number of carbonyl (C=O) groups excluding carboxylic acids is 3. The Morgan fingerprint density at radius 3 is 1.70 bits per heavy atom. The molecule has 0 aromatic heterocycles. The van der Waals surface area contributed by atoms with Gasteiger partial charge in [-0.25, -0.2) is 4.79 Å². The SMILES string of the molecule is CCCCCCCC/C=C\C(CCCCCCC(=O)NCC(=O)NC(CO)C(=O)O)OC(=O)CCCCCCCCCCCCC. The normalized spacial score (nSPS) is 12.6. The van der Waals surface area contributed by atoms with E-state index >= 15 is 0 Å². The Balaban J connectivity index is 4.31. The van der Waals surface area contributed by atoms with Crippen LogP contribution in [0.2, 0.25) is 0 Å². The van der Waals surface area contributed by atoms with E-state index in [2.05, 4.69) is 36.6 Å². The summed E-state index contributed by atoms with van der Waals surface area (Å²) in [4.78, 5) is 47.3. The van der Waals surface area contributed by atoms with Crippen LogP contribution in [0.3, 0.4) is 0 Å². The molecule has 2 atom stereocenters. The minimum atomic E-state index is -1.39. The summed E-state index contributed by atoms with van der Waals surface area (Å²) < 4.78 is 5.87. The van der Waals surface area contributed by atoms with E-state index in [1.807, 2.05) is 0 Å². The molecule has 0 saturated carbocycles. The Morgan fingerprint density at radius 1 is 0.652 bits per heavy atom. The summed E-state index contributed by atoms with van der Waals surface area (Å²) in [5.41, 5.74) is 0. The maximum absolute atomic E-state index is 12.6. The molecule has 0 aliphatic carbocycles. The van der Waals surface area contributed by atoms with Crippen molar-refractivity contribution in [3.05, 3.63) is 12.2 Å². The number of nitrogens with one attached hydrogen (secondary N) is 2. The van der Waals surface area contributed by atoms with Crippen LogP contribution >= 0.6 is 0 Å². The quantitative estimate of drug-likeness (QED) is 0.0320. The van der Waals surface area contributed by atoms with Crippen molar-refractivity contribution in [3.8, 4) is 0 Å². The predicted octanol–water partition coefficient (Wildman–Crippen LogP) is 7.92. The number of aliphatic hydroxyl groups is 1.